The van der Waals surface area contributed by atoms with E-state index < -0.39 is 12.0 Å². The zero-order chi connectivity index (χ0) is 22.7. The third-order valence-electron chi connectivity index (χ3n) is 6.55. The molecule has 0 unspecified atom stereocenters. The molecule has 1 amide bonds. The third-order valence-corrected chi connectivity index (χ3v) is 6.55. The van der Waals surface area contributed by atoms with Crippen LogP contribution in [0.4, 0.5) is 0 Å². The van der Waals surface area contributed by atoms with Gasteiger partial charge in [0.15, 0.2) is 5.78 Å². The molecule has 1 aliphatic carbocycles. The number of aromatic nitrogens is 1. The lowest BCUT2D eigenvalue weighted by Gasteiger charge is -2.32. The summed E-state index contributed by atoms with van der Waals surface area (Å²) in [6.45, 7) is 5.55. The molecule has 1 fully saturated rings. The summed E-state index contributed by atoms with van der Waals surface area (Å²) in [7, 11) is 3.06. The molecular weight excluding hydrogens is 396 g/mol. The van der Waals surface area contributed by atoms with Gasteiger partial charge in [-0.25, -0.2) is 4.79 Å². The van der Waals surface area contributed by atoms with E-state index in [1.165, 1.54) is 7.11 Å². The summed E-state index contributed by atoms with van der Waals surface area (Å²) in [6.07, 6.45) is 6.49. The number of methoxy groups -OCH3 is 1. The summed E-state index contributed by atoms with van der Waals surface area (Å²) in [5, 5.41) is 0. The zero-order valence-electron chi connectivity index (χ0n) is 19.1. The van der Waals surface area contributed by atoms with Crippen molar-refractivity contribution in [2.45, 2.75) is 65.5 Å². The van der Waals surface area contributed by atoms with Crippen molar-refractivity contribution in [2.75, 3.05) is 7.11 Å². The fraction of sp³-hybridized carbons (Fsp3) is 0.542. The van der Waals surface area contributed by atoms with Gasteiger partial charge in [0.1, 0.15) is 11.5 Å². The smallest absolute Gasteiger partial charge is 0.354 e. The summed E-state index contributed by atoms with van der Waals surface area (Å²) >= 11 is 0. The van der Waals surface area contributed by atoms with Crippen LogP contribution in [0.5, 0.6) is 0 Å². The van der Waals surface area contributed by atoms with E-state index in [2.05, 4.69) is 0 Å². The number of ether oxygens (including phenoxy) is 1. The molecule has 0 radical (unpaired) electrons. The van der Waals surface area contributed by atoms with Gasteiger partial charge in [-0.3, -0.25) is 9.59 Å². The van der Waals surface area contributed by atoms with Crippen LogP contribution in [0.25, 0.3) is 0 Å². The lowest BCUT2D eigenvalue weighted by atomic mass is 9.87. The van der Waals surface area contributed by atoms with Gasteiger partial charge in [0.25, 0.3) is 0 Å². The Bertz CT molecular complexity index is 951. The van der Waals surface area contributed by atoms with E-state index in [4.69, 9.17) is 9.15 Å². The lowest BCUT2D eigenvalue weighted by molar-refractivity contribution is -0.138. The van der Waals surface area contributed by atoms with Crippen molar-refractivity contribution in [3.63, 3.8) is 0 Å². The van der Waals surface area contributed by atoms with Crippen LogP contribution in [-0.2, 0) is 23.1 Å². The summed E-state index contributed by atoms with van der Waals surface area (Å²) in [5.74, 6) is -0.100. The van der Waals surface area contributed by atoms with Crippen molar-refractivity contribution in [2.24, 2.45) is 13.0 Å². The van der Waals surface area contributed by atoms with E-state index in [-0.39, 0.29) is 24.2 Å². The second-order valence-electron chi connectivity index (χ2n) is 8.41. The normalized spacial score (nSPS) is 15.5. The zero-order valence-corrected chi connectivity index (χ0v) is 19.1. The van der Waals surface area contributed by atoms with Crippen molar-refractivity contribution in [1.29, 1.82) is 0 Å². The maximum atomic E-state index is 13.6. The molecule has 0 aromatic carbocycles. The minimum absolute atomic E-state index is 0.00335. The van der Waals surface area contributed by atoms with Crippen LogP contribution in [0.3, 0.4) is 0 Å². The van der Waals surface area contributed by atoms with Crippen LogP contribution >= 0.6 is 0 Å². The highest BCUT2D eigenvalue weighted by molar-refractivity contribution is 6.06. The number of hydrogen-bond donors (Lipinski definition) is 0. The number of hydrogen-bond acceptors (Lipinski definition) is 5. The van der Waals surface area contributed by atoms with Crippen LogP contribution < -0.4 is 0 Å². The molecule has 1 atom stereocenters. The molecule has 0 spiro atoms. The molecule has 0 aliphatic heterocycles. The molecule has 0 saturated heterocycles. The van der Waals surface area contributed by atoms with Crippen LogP contribution in [0, 0.1) is 19.8 Å². The molecule has 0 N–H and O–H groups in total. The summed E-state index contributed by atoms with van der Waals surface area (Å²) in [6, 6.07) is 2.90. The first-order valence-corrected chi connectivity index (χ1v) is 10.9. The molecule has 2 aromatic heterocycles. The first-order valence-electron chi connectivity index (χ1n) is 10.9. The second-order valence-corrected chi connectivity index (χ2v) is 8.41. The molecular formula is C24H32N2O5. The van der Waals surface area contributed by atoms with E-state index in [9.17, 15) is 14.4 Å². The predicted molar refractivity (Wildman–Crippen MR) is 116 cm³/mol. The maximum absolute atomic E-state index is 13.6. The Morgan fingerprint density at radius 1 is 1.23 bits per heavy atom. The first kappa shape index (κ1) is 22.8. The van der Waals surface area contributed by atoms with Crippen LogP contribution in [0.2, 0.25) is 0 Å². The Morgan fingerprint density at radius 2 is 1.90 bits per heavy atom. The number of carbonyl (C=O) groups excluding carboxylic acids is 3. The Hall–Kier alpha value is -2.83. The number of amides is 1. The van der Waals surface area contributed by atoms with Crippen molar-refractivity contribution in [3.8, 4) is 0 Å². The van der Waals surface area contributed by atoms with Gasteiger partial charge in [0.2, 0.25) is 5.91 Å². The SMILES string of the molecule is COC(=O)c1c(C)c(C(=O)[C@H](C)N(Cc2ccco2)C(=O)C2CCCCC2)c(C)n1C. The summed E-state index contributed by atoms with van der Waals surface area (Å²) < 4.78 is 12.1. The van der Waals surface area contributed by atoms with Crippen LogP contribution in [0.1, 0.15) is 76.9 Å². The van der Waals surface area contributed by atoms with Gasteiger partial charge in [-0.05, 0) is 51.3 Å². The molecule has 1 saturated carbocycles. The van der Waals surface area contributed by atoms with Gasteiger partial charge in [-0.1, -0.05) is 19.3 Å². The Kier molecular flexibility index (Phi) is 7.03. The Morgan fingerprint density at radius 3 is 2.48 bits per heavy atom. The van der Waals surface area contributed by atoms with E-state index in [1.54, 1.807) is 49.6 Å². The Labute approximate surface area is 183 Å². The first-order chi connectivity index (χ1) is 14.8. The monoisotopic (exact) mass is 428 g/mol. The van der Waals surface area contributed by atoms with Gasteiger partial charge in [0, 0.05) is 24.2 Å². The predicted octanol–water partition coefficient (Wildman–Crippen LogP) is 4.20. The average molecular weight is 429 g/mol. The highest BCUT2D eigenvalue weighted by atomic mass is 16.5. The average Bonchev–Trinajstić information content (AvgIpc) is 3.37. The molecule has 0 bridgehead atoms. The number of Topliss-reactive ketones (excluding diaryl/α,β-unsaturated/α-hetero) is 1. The Balaban J connectivity index is 1.95. The van der Waals surface area contributed by atoms with Crippen LogP contribution in [-0.4, -0.2) is 40.3 Å². The molecule has 7 nitrogen and oxygen atoms in total. The highest BCUT2D eigenvalue weighted by Gasteiger charge is 2.35. The van der Waals surface area contributed by atoms with E-state index >= 15 is 0 Å². The number of nitrogens with zero attached hydrogens (tertiary/aromatic N) is 2. The number of rotatable bonds is 7. The van der Waals surface area contributed by atoms with E-state index in [1.807, 2.05) is 6.07 Å². The maximum Gasteiger partial charge on any atom is 0.354 e. The number of furan rings is 1. The fourth-order valence-electron chi connectivity index (χ4n) is 4.64. The molecule has 7 heteroatoms. The summed E-state index contributed by atoms with van der Waals surface area (Å²) in [5.41, 5.74) is 2.08. The number of esters is 1. The summed E-state index contributed by atoms with van der Waals surface area (Å²) in [4.78, 5) is 41.0. The van der Waals surface area contributed by atoms with Gasteiger partial charge in [0.05, 0.1) is 26.0 Å². The molecule has 2 aromatic rings. The number of ketones is 1. The van der Waals surface area contributed by atoms with E-state index in [0.29, 0.717) is 28.3 Å². The quantitative estimate of drug-likeness (QED) is 0.488. The molecule has 31 heavy (non-hydrogen) atoms. The minimum Gasteiger partial charge on any atom is -0.467 e. The van der Waals surface area contributed by atoms with Gasteiger partial charge in [-0.15, -0.1) is 0 Å². The van der Waals surface area contributed by atoms with Crippen LogP contribution in [0.15, 0.2) is 22.8 Å². The van der Waals surface area contributed by atoms with Gasteiger partial charge >= 0.3 is 5.97 Å². The lowest BCUT2D eigenvalue weighted by Crippen LogP contribution is -2.46. The van der Waals surface area contributed by atoms with Crippen molar-refractivity contribution in [3.05, 3.63) is 46.7 Å². The van der Waals surface area contributed by atoms with Crippen molar-refractivity contribution < 1.29 is 23.5 Å². The topological polar surface area (TPSA) is 81.8 Å². The van der Waals surface area contributed by atoms with Crippen molar-refractivity contribution in [1.82, 2.24) is 9.47 Å². The highest BCUT2D eigenvalue weighted by Crippen LogP contribution is 2.29. The van der Waals surface area contributed by atoms with E-state index in [0.717, 1.165) is 32.1 Å². The van der Waals surface area contributed by atoms with Gasteiger partial charge in [-0.2, -0.15) is 0 Å². The fourth-order valence-corrected chi connectivity index (χ4v) is 4.64. The minimum atomic E-state index is -0.690. The molecule has 168 valence electrons. The van der Waals surface area contributed by atoms with Gasteiger partial charge < -0.3 is 18.6 Å². The molecule has 2 heterocycles. The standard InChI is InChI=1S/C24H32N2O5/c1-15-20(16(2)25(4)21(15)24(29)30-5)22(27)17(3)26(14-19-12-9-13-31-19)23(28)18-10-7-6-8-11-18/h9,12-13,17-18H,6-8,10-11,14H2,1-5H3/t17-/m0/s1. The third kappa shape index (κ3) is 4.45. The largest absolute Gasteiger partial charge is 0.467 e. The molecule has 3 rings (SSSR count). The second kappa shape index (κ2) is 9.54. The molecule has 1 aliphatic rings. The number of carbonyl (C=O) groups is 3. The van der Waals surface area contributed by atoms with Crippen molar-refractivity contribution >= 4 is 17.7 Å².